The molecule has 2 N–H and O–H groups in total. The van der Waals surface area contributed by atoms with Crippen LogP contribution in [0.3, 0.4) is 0 Å². The highest BCUT2D eigenvalue weighted by atomic mass is 16.5. The molecule has 0 bridgehead atoms. The van der Waals surface area contributed by atoms with Crippen LogP contribution in [0.5, 0.6) is 11.5 Å². The molecular formula is C16H26N2O3. The van der Waals surface area contributed by atoms with E-state index in [-0.39, 0.29) is 6.61 Å². The normalized spacial score (nSPS) is 19.3. The monoisotopic (exact) mass is 294 g/mol. The van der Waals surface area contributed by atoms with Crippen LogP contribution in [-0.4, -0.2) is 56.5 Å². The number of hydrogen-bond donors (Lipinski definition) is 2. The van der Waals surface area contributed by atoms with Crippen molar-refractivity contribution in [1.82, 2.24) is 4.90 Å². The van der Waals surface area contributed by atoms with Crippen LogP contribution in [-0.2, 0) is 0 Å². The zero-order chi connectivity index (χ0) is 15.1. The van der Waals surface area contributed by atoms with Gasteiger partial charge in [0.1, 0.15) is 11.5 Å². The van der Waals surface area contributed by atoms with Gasteiger partial charge in [0.05, 0.1) is 14.2 Å². The summed E-state index contributed by atoms with van der Waals surface area (Å²) in [5, 5.41) is 12.5. The molecule has 1 aromatic carbocycles. The first-order valence-corrected chi connectivity index (χ1v) is 7.58. The van der Waals surface area contributed by atoms with Crippen LogP contribution < -0.4 is 14.8 Å². The van der Waals surface area contributed by atoms with Crippen molar-refractivity contribution in [3.63, 3.8) is 0 Å². The molecule has 0 saturated carbocycles. The molecule has 1 heterocycles. The molecule has 21 heavy (non-hydrogen) atoms. The molecule has 5 nitrogen and oxygen atoms in total. The molecule has 1 unspecified atom stereocenters. The fraction of sp³-hybridized carbons (Fsp3) is 0.625. The Balaban J connectivity index is 1.97. The average molecular weight is 294 g/mol. The van der Waals surface area contributed by atoms with Gasteiger partial charge in [-0.05, 0) is 25.8 Å². The van der Waals surface area contributed by atoms with Crippen molar-refractivity contribution in [1.29, 1.82) is 0 Å². The fourth-order valence-corrected chi connectivity index (χ4v) is 2.80. The first-order valence-electron chi connectivity index (χ1n) is 7.58. The maximum atomic E-state index is 8.94. The first-order chi connectivity index (χ1) is 10.2. The zero-order valence-corrected chi connectivity index (χ0v) is 13.0. The second-order valence-electron chi connectivity index (χ2n) is 5.46. The predicted molar refractivity (Wildman–Crippen MR) is 84.3 cm³/mol. The largest absolute Gasteiger partial charge is 0.497 e. The summed E-state index contributed by atoms with van der Waals surface area (Å²) in [4.78, 5) is 2.41. The van der Waals surface area contributed by atoms with E-state index in [4.69, 9.17) is 14.6 Å². The van der Waals surface area contributed by atoms with Crippen LogP contribution in [0.1, 0.15) is 19.3 Å². The Labute approximate surface area is 126 Å². The number of likely N-dealkylation sites (tertiary alicyclic amines) is 1. The minimum absolute atomic E-state index is 0.266. The number of benzene rings is 1. The van der Waals surface area contributed by atoms with Gasteiger partial charge in [0.15, 0.2) is 0 Å². The number of nitrogens with one attached hydrogen (secondary N) is 1. The SMILES string of the molecule is COc1cc(NC2CCCN(CCCO)C2)cc(OC)c1. The zero-order valence-electron chi connectivity index (χ0n) is 13.0. The molecule has 1 saturated heterocycles. The number of rotatable bonds is 7. The Morgan fingerprint density at radius 1 is 1.24 bits per heavy atom. The quantitative estimate of drug-likeness (QED) is 0.805. The Hall–Kier alpha value is -1.46. The van der Waals surface area contributed by atoms with Crippen molar-refractivity contribution in [3.8, 4) is 11.5 Å². The van der Waals surface area contributed by atoms with Crippen molar-refractivity contribution < 1.29 is 14.6 Å². The lowest BCUT2D eigenvalue weighted by atomic mass is 10.0. The average Bonchev–Trinajstić information content (AvgIpc) is 2.52. The smallest absolute Gasteiger partial charge is 0.124 e. The second-order valence-corrected chi connectivity index (χ2v) is 5.46. The van der Waals surface area contributed by atoms with E-state index >= 15 is 0 Å². The van der Waals surface area contributed by atoms with E-state index < -0.39 is 0 Å². The van der Waals surface area contributed by atoms with E-state index in [1.54, 1.807) is 14.2 Å². The maximum Gasteiger partial charge on any atom is 0.124 e. The van der Waals surface area contributed by atoms with Crippen LogP contribution in [0.4, 0.5) is 5.69 Å². The van der Waals surface area contributed by atoms with Crippen LogP contribution >= 0.6 is 0 Å². The number of ether oxygens (including phenoxy) is 2. The van der Waals surface area contributed by atoms with Gasteiger partial charge in [0.2, 0.25) is 0 Å². The third-order valence-electron chi connectivity index (χ3n) is 3.86. The molecule has 1 aliphatic rings. The van der Waals surface area contributed by atoms with Crippen molar-refractivity contribution >= 4 is 5.69 Å². The Kier molecular flexibility index (Phi) is 6.14. The van der Waals surface area contributed by atoms with Gasteiger partial charge in [-0.1, -0.05) is 0 Å². The summed E-state index contributed by atoms with van der Waals surface area (Å²) in [6.07, 6.45) is 3.19. The maximum absolute atomic E-state index is 8.94. The highest BCUT2D eigenvalue weighted by molar-refractivity contribution is 5.54. The molecule has 1 aliphatic heterocycles. The van der Waals surface area contributed by atoms with E-state index in [9.17, 15) is 0 Å². The van der Waals surface area contributed by atoms with Crippen LogP contribution in [0.25, 0.3) is 0 Å². The Morgan fingerprint density at radius 3 is 2.57 bits per heavy atom. The van der Waals surface area contributed by atoms with E-state index in [2.05, 4.69) is 10.2 Å². The number of nitrogens with zero attached hydrogens (tertiary/aromatic N) is 1. The highest BCUT2D eigenvalue weighted by Crippen LogP contribution is 2.27. The van der Waals surface area contributed by atoms with E-state index in [1.807, 2.05) is 18.2 Å². The number of aliphatic hydroxyl groups is 1. The number of piperidine rings is 1. The van der Waals surface area contributed by atoms with Crippen molar-refractivity contribution in [2.45, 2.75) is 25.3 Å². The predicted octanol–water partition coefficient (Wildman–Crippen LogP) is 1.96. The summed E-state index contributed by atoms with van der Waals surface area (Å²) >= 11 is 0. The van der Waals surface area contributed by atoms with Crippen LogP contribution in [0.2, 0.25) is 0 Å². The summed E-state index contributed by atoms with van der Waals surface area (Å²) in [6, 6.07) is 6.29. The number of aliphatic hydroxyl groups excluding tert-OH is 1. The van der Waals surface area contributed by atoms with Gasteiger partial charge in [-0.2, -0.15) is 0 Å². The topological polar surface area (TPSA) is 54.0 Å². The van der Waals surface area contributed by atoms with Crippen molar-refractivity contribution in [3.05, 3.63) is 18.2 Å². The van der Waals surface area contributed by atoms with Gasteiger partial charge >= 0.3 is 0 Å². The summed E-state index contributed by atoms with van der Waals surface area (Å²) in [6.45, 7) is 3.37. The standard InChI is InChI=1S/C16H26N2O3/c1-20-15-9-14(10-16(11-15)21-2)17-13-5-3-6-18(12-13)7-4-8-19/h9-11,13,17,19H,3-8,12H2,1-2H3. The number of anilines is 1. The summed E-state index contributed by atoms with van der Waals surface area (Å²) in [7, 11) is 3.32. The van der Waals surface area contributed by atoms with E-state index in [0.29, 0.717) is 6.04 Å². The van der Waals surface area contributed by atoms with E-state index in [1.165, 1.54) is 6.42 Å². The lowest BCUT2D eigenvalue weighted by Gasteiger charge is -2.33. The summed E-state index contributed by atoms with van der Waals surface area (Å²) < 4.78 is 10.6. The van der Waals surface area contributed by atoms with Gasteiger partial charge in [-0.3, -0.25) is 0 Å². The number of methoxy groups -OCH3 is 2. The van der Waals surface area contributed by atoms with Crippen molar-refractivity contribution in [2.24, 2.45) is 0 Å². The molecular weight excluding hydrogens is 268 g/mol. The molecule has 0 aromatic heterocycles. The molecule has 1 fully saturated rings. The molecule has 5 heteroatoms. The second kappa shape index (κ2) is 8.10. The molecule has 118 valence electrons. The van der Waals surface area contributed by atoms with Gasteiger partial charge in [-0.15, -0.1) is 0 Å². The van der Waals surface area contributed by atoms with Crippen molar-refractivity contribution in [2.75, 3.05) is 45.8 Å². The van der Waals surface area contributed by atoms with Gasteiger partial charge in [-0.25, -0.2) is 0 Å². The Morgan fingerprint density at radius 2 is 1.95 bits per heavy atom. The molecule has 0 amide bonds. The summed E-state index contributed by atoms with van der Waals surface area (Å²) in [5.74, 6) is 1.59. The molecule has 0 aliphatic carbocycles. The molecule has 1 aromatic rings. The lowest BCUT2D eigenvalue weighted by molar-refractivity contribution is 0.190. The first kappa shape index (κ1) is 15.9. The molecule has 1 atom stereocenters. The van der Waals surface area contributed by atoms with Gasteiger partial charge in [0.25, 0.3) is 0 Å². The minimum Gasteiger partial charge on any atom is -0.497 e. The van der Waals surface area contributed by atoms with E-state index in [0.717, 1.165) is 49.7 Å². The number of hydrogen-bond acceptors (Lipinski definition) is 5. The van der Waals surface area contributed by atoms with Crippen LogP contribution in [0, 0.1) is 0 Å². The third-order valence-corrected chi connectivity index (χ3v) is 3.86. The van der Waals surface area contributed by atoms with Crippen LogP contribution in [0.15, 0.2) is 18.2 Å². The van der Waals surface area contributed by atoms with Gasteiger partial charge in [0, 0.05) is 49.6 Å². The molecule has 0 radical (unpaired) electrons. The molecule has 2 rings (SSSR count). The third kappa shape index (κ3) is 4.79. The lowest BCUT2D eigenvalue weighted by Crippen LogP contribution is -2.42. The highest BCUT2D eigenvalue weighted by Gasteiger charge is 2.19. The van der Waals surface area contributed by atoms with Gasteiger partial charge < -0.3 is 24.8 Å². The Bertz CT molecular complexity index is 417. The fourth-order valence-electron chi connectivity index (χ4n) is 2.80. The molecule has 0 spiro atoms. The summed E-state index contributed by atoms with van der Waals surface area (Å²) in [5.41, 5.74) is 1.03. The minimum atomic E-state index is 0.266.